The van der Waals surface area contributed by atoms with E-state index in [1.165, 1.54) is 6.33 Å². The van der Waals surface area contributed by atoms with Gasteiger partial charge in [0.15, 0.2) is 5.65 Å². The van der Waals surface area contributed by atoms with Gasteiger partial charge in [-0.2, -0.15) is 5.10 Å². The third kappa shape index (κ3) is 4.50. The first-order valence-corrected chi connectivity index (χ1v) is 8.54. The van der Waals surface area contributed by atoms with Gasteiger partial charge in [0.1, 0.15) is 17.9 Å². The average molecular weight is 370 g/mol. The number of amides is 1. The molecule has 2 aromatic heterocycles. The van der Waals surface area contributed by atoms with Crippen LogP contribution in [0.25, 0.3) is 11.0 Å². The highest BCUT2D eigenvalue weighted by atomic mass is 16.5. The summed E-state index contributed by atoms with van der Waals surface area (Å²) in [4.78, 5) is 20.7. The van der Waals surface area contributed by atoms with Crippen LogP contribution in [0.5, 0.6) is 5.75 Å². The largest absolute Gasteiger partial charge is 0.497 e. The first-order valence-electron chi connectivity index (χ1n) is 8.54. The number of nitrogens with zero attached hydrogens (tertiary/aromatic N) is 4. The number of carbonyl (C=O) groups excluding carboxylic acids is 1. The quantitative estimate of drug-likeness (QED) is 0.548. The molecule has 0 fully saturated rings. The summed E-state index contributed by atoms with van der Waals surface area (Å²) in [5.41, 5.74) is 1.29. The fraction of sp³-hybridized carbons (Fsp3) is 0.333. The molecule has 0 unspecified atom stereocenters. The Bertz CT molecular complexity index is 894. The maximum atomic E-state index is 12.2. The van der Waals surface area contributed by atoms with Gasteiger partial charge in [-0.1, -0.05) is 0 Å². The number of ether oxygens (including phenoxy) is 2. The highest BCUT2D eigenvalue weighted by Gasteiger charge is 2.10. The number of benzene rings is 1. The second kappa shape index (κ2) is 8.95. The van der Waals surface area contributed by atoms with Gasteiger partial charge < -0.3 is 20.1 Å². The smallest absolute Gasteiger partial charge is 0.251 e. The molecule has 0 aliphatic rings. The number of hydrogen-bond donors (Lipinski definition) is 2. The monoisotopic (exact) mass is 370 g/mol. The normalized spacial score (nSPS) is 10.7. The Balaban J connectivity index is 1.60. The molecule has 0 aliphatic carbocycles. The van der Waals surface area contributed by atoms with Gasteiger partial charge in [-0.3, -0.25) is 4.79 Å². The number of anilines is 1. The number of hydrogen-bond acceptors (Lipinski definition) is 7. The number of fused-ring (bicyclic) bond motifs is 1. The number of nitrogens with one attached hydrogen (secondary N) is 2. The lowest BCUT2D eigenvalue weighted by atomic mass is 10.2. The van der Waals surface area contributed by atoms with Gasteiger partial charge in [-0.25, -0.2) is 14.6 Å². The third-order valence-electron chi connectivity index (χ3n) is 3.99. The van der Waals surface area contributed by atoms with Crippen molar-refractivity contribution < 1.29 is 14.3 Å². The lowest BCUT2D eigenvalue weighted by molar-refractivity contribution is 0.0952. The predicted molar refractivity (Wildman–Crippen MR) is 101 cm³/mol. The molecular formula is C18H22N6O3. The van der Waals surface area contributed by atoms with Gasteiger partial charge in [-0.05, 0) is 24.3 Å². The molecule has 0 saturated heterocycles. The minimum Gasteiger partial charge on any atom is -0.497 e. The van der Waals surface area contributed by atoms with Gasteiger partial charge in [0.05, 0.1) is 31.8 Å². The van der Waals surface area contributed by atoms with E-state index in [1.54, 1.807) is 49.4 Å². The Hall–Kier alpha value is -3.20. The number of carbonyl (C=O) groups is 1. The lowest BCUT2D eigenvalue weighted by Crippen LogP contribution is -2.27. The van der Waals surface area contributed by atoms with E-state index in [-0.39, 0.29) is 5.91 Å². The zero-order valence-corrected chi connectivity index (χ0v) is 15.3. The first-order chi connectivity index (χ1) is 13.2. The van der Waals surface area contributed by atoms with Gasteiger partial charge in [-0.15, -0.1) is 0 Å². The fourth-order valence-corrected chi connectivity index (χ4v) is 2.59. The van der Waals surface area contributed by atoms with Crippen LogP contribution in [-0.4, -0.2) is 59.6 Å². The molecular weight excluding hydrogens is 348 g/mol. The topological polar surface area (TPSA) is 103 Å². The van der Waals surface area contributed by atoms with Crippen LogP contribution in [0.1, 0.15) is 10.4 Å². The van der Waals surface area contributed by atoms with Crippen LogP contribution in [0.3, 0.4) is 0 Å². The molecule has 0 radical (unpaired) electrons. The van der Waals surface area contributed by atoms with Crippen LogP contribution in [-0.2, 0) is 11.3 Å². The van der Waals surface area contributed by atoms with Crippen LogP contribution in [0.2, 0.25) is 0 Å². The predicted octanol–water partition coefficient (Wildman–Crippen LogP) is 1.32. The van der Waals surface area contributed by atoms with Crippen LogP contribution in [0.15, 0.2) is 36.8 Å². The van der Waals surface area contributed by atoms with Crippen LogP contribution in [0.4, 0.5) is 5.82 Å². The molecule has 3 aromatic rings. The van der Waals surface area contributed by atoms with E-state index in [0.29, 0.717) is 49.0 Å². The zero-order valence-electron chi connectivity index (χ0n) is 15.3. The molecule has 2 N–H and O–H groups in total. The molecule has 9 nitrogen and oxygen atoms in total. The minimum absolute atomic E-state index is 0.148. The Labute approximate surface area is 156 Å². The van der Waals surface area contributed by atoms with Gasteiger partial charge in [0.2, 0.25) is 0 Å². The third-order valence-corrected chi connectivity index (χ3v) is 3.99. The summed E-state index contributed by atoms with van der Waals surface area (Å²) in [6.45, 7) is 2.15. The first kappa shape index (κ1) is 18.6. The summed E-state index contributed by atoms with van der Waals surface area (Å²) < 4.78 is 11.9. The molecule has 9 heteroatoms. The van der Waals surface area contributed by atoms with Crippen molar-refractivity contribution in [2.45, 2.75) is 6.54 Å². The summed E-state index contributed by atoms with van der Waals surface area (Å²) in [5.74, 6) is 1.28. The van der Waals surface area contributed by atoms with Gasteiger partial charge >= 0.3 is 0 Å². The SMILES string of the molecule is COCCNc1ncnc2c1cnn2CCNC(=O)c1ccc(OC)cc1. The number of aromatic nitrogens is 4. The Morgan fingerprint density at radius 3 is 2.70 bits per heavy atom. The summed E-state index contributed by atoms with van der Waals surface area (Å²) in [7, 11) is 3.24. The molecule has 0 bridgehead atoms. The van der Waals surface area contributed by atoms with Gasteiger partial charge in [0.25, 0.3) is 5.91 Å². The Morgan fingerprint density at radius 2 is 1.96 bits per heavy atom. The molecule has 1 amide bonds. The highest BCUT2D eigenvalue weighted by molar-refractivity contribution is 5.94. The molecule has 3 rings (SSSR count). The standard InChI is InChI=1S/C18H22N6O3/c1-26-10-8-19-16-15-11-23-24(17(15)22-12-21-16)9-7-20-18(25)13-3-5-14(27-2)6-4-13/h3-6,11-12H,7-10H2,1-2H3,(H,20,25)(H,19,21,22). The van der Waals surface area contributed by atoms with E-state index < -0.39 is 0 Å². The molecule has 0 saturated carbocycles. The minimum atomic E-state index is -0.148. The summed E-state index contributed by atoms with van der Waals surface area (Å²) in [5, 5.41) is 11.3. The lowest BCUT2D eigenvalue weighted by Gasteiger charge is -2.08. The van der Waals surface area contributed by atoms with E-state index >= 15 is 0 Å². The molecule has 0 spiro atoms. The van der Waals surface area contributed by atoms with E-state index in [9.17, 15) is 4.79 Å². The molecule has 0 atom stereocenters. The summed E-state index contributed by atoms with van der Waals surface area (Å²) in [6.07, 6.45) is 3.21. The van der Waals surface area contributed by atoms with Crippen molar-refractivity contribution in [3.05, 3.63) is 42.4 Å². The maximum absolute atomic E-state index is 12.2. The van der Waals surface area contributed by atoms with Crippen LogP contribution < -0.4 is 15.4 Å². The number of methoxy groups -OCH3 is 2. The van der Waals surface area contributed by atoms with Gasteiger partial charge in [0, 0.05) is 25.8 Å². The van der Waals surface area contributed by atoms with Crippen molar-refractivity contribution >= 4 is 22.8 Å². The zero-order chi connectivity index (χ0) is 19.1. The Kier molecular flexibility index (Phi) is 6.16. The average Bonchev–Trinajstić information content (AvgIpc) is 3.12. The second-order valence-electron chi connectivity index (χ2n) is 5.73. The number of rotatable bonds is 9. The fourth-order valence-electron chi connectivity index (χ4n) is 2.59. The molecule has 1 aromatic carbocycles. The van der Waals surface area contributed by atoms with Crippen LogP contribution >= 0.6 is 0 Å². The van der Waals surface area contributed by atoms with Crippen molar-refractivity contribution in [1.29, 1.82) is 0 Å². The van der Waals surface area contributed by atoms with Crippen molar-refractivity contribution in [2.75, 3.05) is 39.2 Å². The molecule has 2 heterocycles. The summed E-state index contributed by atoms with van der Waals surface area (Å²) in [6, 6.07) is 6.96. The van der Waals surface area contributed by atoms with Crippen molar-refractivity contribution in [1.82, 2.24) is 25.1 Å². The van der Waals surface area contributed by atoms with Crippen molar-refractivity contribution in [2.24, 2.45) is 0 Å². The maximum Gasteiger partial charge on any atom is 0.251 e. The van der Waals surface area contributed by atoms with E-state index in [4.69, 9.17) is 9.47 Å². The second-order valence-corrected chi connectivity index (χ2v) is 5.73. The highest BCUT2D eigenvalue weighted by Crippen LogP contribution is 2.18. The van der Waals surface area contributed by atoms with E-state index in [0.717, 1.165) is 5.39 Å². The van der Waals surface area contributed by atoms with E-state index in [1.807, 2.05) is 0 Å². The molecule has 142 valence electrons. The molecule has 27 heavy (non-hydrogen) atoms. The molecule has 0 aliphatic heterocycles. The van der Waals surface area contributed by atoms with E-state index in [2.05, 4.69) is 25.7 Å². The summed E-state index contributed by atoms with van der Waals surface area (Å²) >= 11 is 0. The Morgan fingerprint density at radius 1 is 1.15 bits per heavy atom. The van der Waals surface area contributed by atoms with Crippen molar-refractivity contribution in [3.63, 3.8) is 0 Å². The van der Waals surface area contributed by atoms with Crippen molar-refractivity contribution in [3.8, 4) is 5.75 Å². The van der Waals surface area contributed by atoms with Crippen LogP contribution in [0, 0.1) is 0 Å².